The van der Waals surface area contributed by atoms with Crippen molar-refractivity contribution in [1.29, 1.82) is 0 Å². The summed E-state index contributed by atoms with van der Waals surface area (Å²) in [5, 5.41) is 6.47. The maximum absolute atomic E-state index is 12.2. The smallest absolute Gasteiger partial charge is 0.240 e. The van der Waals surface area contributed by atoms with Crippen molar-refractivity contribution in [3.63, 3.8) is 0 Å². The molecule has 2 aromatic rings. The second-order valence-electron chi connectivity index (χ2n) is 6.91. The van der Waals surface area contributed by atoms with E-state index in [1.165, 1.54) is 0 Å². The highest BCUT2D eigenvalue weighted by Crippen LogP contribution is 2.22. The molecule has 8 heteroatoms. The van der Waals surface area contributed by atoms with E-state index in [4.69, 9.17) is 4.74 Å². The lowest BCUT2D eigenvalue weighted by Crippen LogP contribution is -2.37. The minimum atomic E-state index is -3.41. The van der Waals surface area contributed by atoms with E-state index in [9.17, 15) is 8.42 Å². The van der Waals surface area contributed by atoms with Crippen molar-refractivity contribution in [2.45, 2.75) is 36.7 Å². The molecule has 0 aliphatic heterocycles. The third-order valence-electron chi connectivity index (χ3n) is 4.44. The van der Waals surface area contributed by atoms with Crippen LogP contribution in [0.2, 0.25) is 0 Å². The molecule has 0 radical (unpaired) electrons. The monoisotopic (exact) mass is 416 g/mol. The summed E-state index contributed by atoms with van der Waals surface area (Å²) in [6.07, 6.45) is 2.69. The first-order valence-electron chi connectivity index (χ1n) is 9.80. The molecule has 0 heterocycles. The number of rotatable bonds is 10. The molecule has 0 atom stereocenters. The Morgan fingerprint density at radius 1 is 1.07 bits per heavy atom. The molecule has 156 valence electrons. The quantitative estimate of drug-likeness (QED) is 0.314. The molecule has 0 amide bonds. The van der Waals surface area contributed by atoms with Crippen LogP contribution in [0.1, 0.15) is 24.8 Å². The largest absolute Gasteiger partial charge is 0.494 e. The summed E-state index contributed by atoms with van der Waals surface area (Å²) in [5.74, 6) is 1.56. The fourth-order valence-electron chi connectivity index (χ4n) is 2.67. The molecule has 0 unspecified atom stereocenters. The molecule has 1 aliphatic rings. The second kappa shape index (κ2) is 10.3. The van der Waals surface area contributed by atoms with E-state index in [0.717, 1.165) is 37.1 Å². The minimum absolute atomic E-state index is 0.105. The Kier molecular flexibility index (Phi) is 7.48. The third kappa shape index (κ3) is 7.07. The molecule has 0 bridgehead atoms. The van der Waals surface area contributed by atoms with Crippen LogP contribution in [0.15, 0.2) is 64.5 Å². The first kappa shape index (κ1) is 21.1. The van der Waals surface area contributed by atoms with Gasteiger partial charge in [0.05, 0.1) is 11.5 Å². The van der Waals surface area contributed by atoms with Crippen molar-refractivity contribution in [3.8, 4) is 5.75 Å². The number of aliphatic imine (C=N–C) groups is 1. The number of ether oxygens (including phenoxy) is 1. The zero-order chi connectivity index (χ0) is 20.5. The number of sulfonamides is 1. The highest BCUT2D eigenvalue weighted by molar-refractivity contribution is 7.89. The maximum atomic E-state index is 12.2. The number of hydrogen-bond acceptors (Lipinski definition) is 4. The van der Waals surface area contributed by atoms with Gasteiger partial charge in [0.2, 0.25) is 10.0 Å². The van der Waals surface area contributed by atoms with Crippen molar-refractivity contribution < 1.29 is 13.2 Å². The number of nitrogens with one attached hydrogen (secondary N) is 3. The number of para-hydroxylation sites is 1. The molecule has 0 spiro atoms. The molecular weight excluding hydrogens is 388 g/mol. The van der Waals surface area contributed by atoms with Crippen LogP contribution in [0.3, 0.4) is 0 Å². The fraction of sp³-hybridized carbons (Fsp3) is 0.381. The molecule has 1 saturated carbocycles. The lowest BCUT2D eigenvalue weighted by Gasteiger charge is -2.13. The zero-order valence-electron chi connectivity index (χ0n) is 16.6. The highest BCUT2D eigenvalue weighted by atomic mass is 32.2. The lowest BCUT2D eigenvalue weighted by atomic mass is 10.2. The summed E-state index contributed by atoms with van der Waals surface area (Å²) < 4.78 is 32.8. The van der Waals surface area contributed by atoms with Gasteiger partial charge < -0.3 is 15.4 Å². The molecule has 0 saturated heterocycles. The predicted octanol–water partition coefficient (Wildman–Crippen LogP) is 2.26. The number of guanidine groups is 1. The average molecular weight is 417 g/mol. The van der Waals surface area contributed by atoms with Crippen molar-refractivity contribution in [3.05, 3.63) is 60.2 Å². The Morgan fingerprint density at radius 2 is 1.79 bits per heavy atom. The van der Waals surface area contributed by atoms with Crippen LogP contribution in [-0.4, -0.2) is 40.6 Å². The standard InChI is InChI=1S/C21H28N4O3S/c1-22-21(23-14-5-15-28-19-6-3-2-4-7-19)24-16-17-8-12-20(13-9-17)29(26,27)25-18-10-11-18/h2-4,6-9,12-13,18,25H,5,10-11,14-16H2,1H3,(H2,22,23,24). The molecular formula is C21H28N4O3S. The van der Waals surface area contributed by atoms with Crippen molar-refractivity contribution >= 4 is 16.0 Å². The van der Waals surface area contributed by atoms with Gasteiger partial charge in [-0.1, -0.05) is 30.3 Å². The van der Waals surface area contributed by atoms with Gasteiger partial charge in [-0.05, 0) is 49.1 Å². The van der Waals surface area contributed by atoms with Gasteiger partial charge in [-0.25, -0.2) is 13.1 Å². The van der Waals surface area contributed by atoms with E-state index < -0.39 is 10.0 Å². The third-order valence-corrected chi connectivity index (χ3v) is 5.98. The van der Waals surface area contributed by atoms with Gasteiger partial charge in [0.1, 0.15) is 5.75 Å². The van der Waals surface area contributed by atoms with E-state index in [1.54, 1.807) is 19.2 Å². The number of hydrogen-bond donors (Lipinski definition) is 3. The van der Waals surface area contributed by atoms with Gasteiger partial charge >= 0.3 is 0 Å². The second-order valence-corrected chi connectivity index (χ2v) is 8.62. The molecule has 1 aliphatic carbocycles. The van der Waals surface area contributed by atoms with E-state index in [2.05, 4.69) is 20.3 Å². The summed E-state index contributed by atoms with van der Waals surface area (Å²) >= 11 is 0. The van der Waals surface area contributed by atoms with E-state index >= 15 is 0 Å². The van der Waals surface area contributed by atoms with Crippen LogP contribution >= 0.6 is 0 Å². The Hall–Kier alpha value is -2.58. The molecule has 29 heavy (non-hydrogen) atoms. The summed E-state index contributed by atoms with van der Waals surface area (Å²) in [5.41, 5.74) is 0.978. The van der Waals surface area contributed by atoms with E-state index in [-0.39, 0.29) is 6.04 Å². The molecule has 7 nitrogen and oxygen atoms in total. The van der Waals surface area contributed by atoms with Crippen molar-refractivity contribution in [2.75, 3.05) is 20.2 Å². The summed E-state index contributed by atoms with van der Waals surface area (Å²) in [6.45, 7) is 1.91. The molecule has 3 rings (SSSR count). The first-order valence-corrected chi connectivity index (χ1v) is 11.3. The summed E-state index contributed by atoms with van der Waals surface area (Å²) in [4.78, 5) is 4.50. The lowest BCUT2D eigenvalue weighted by molar-refractivity contribution is 0.311. The van der Waals surface area contributed by atoms with Crippen molar-refractivity contribution in [1.82, 2.24) is 15.4 Å². The Morgan fingerprint density at radius 3 is 2.45 bits per heavy atom. The average Bonchev–Trinajstić information content (AvgIpc) is 3.54. The minimum Gasteiger partial charge on any atom is -0.494 e. The van der Waals surface area contributed by atoms with Gasteiger partial charge in [0.25, 0.3) is 0 Å². The van der Waals surface area contributed by atoms with E-state index in [1.807, 2.05) is 42.5 Å². The normalized spacial score (nSPS) is 14.4. The Bertz CT molecular complexity index is 895. The summed E-state index contributed by atoms with van der Waals surface area (Å²) in [7, 11) is -1.69. The maximum Gasteiger partial charge on any atom is 0.240 e. The Labute approximate surface area is 172 Å². The number of nitrogens with zero attached hydrogens (tertiary/aromatic N) is 1. The van der Waals surface area contributed by atoms with Crippen LogP contribution < -0.4 is 20.1 Å². The SMILES string of the molecule is CN=C(NCCCOc1ccccc1)NCc1ccc(S(=O)(=O)NC2CC2)cc1. The van der Waals surface area contributed by atoms with Gasteiger partial charge in [-0.15, -0.1) is 0 Å². The predicted molar refractivity (Wildman–Crippen MR) is 115 cm³/mol. The van der Waals surface area contributed by atoms with E-state index in [0.29, 0.717) is 24.0 Å². The van der Waals surface area contributed by atoms with Crippen LogP contribution in [0.5, 0.6) is 5.75 Å². The zero-order valence-corrected chi connectivity index (χ0v) is 17.4. The van der Waals surface area contributed by atoms with Gasteiger partial charge in [0.15, 0.2) is 5.96 Å². The topological polar surface area (TPSA) is 91.8 Å². The van der Waals surface area contributed by atoms with Crippen LogP contribution in [0.25, 0.3) is 0 Å². The summed E-state index contributed by atoms with van der Waals surface area (Å²) in [6, 6.07) is 16.7. The molecule has 1 fully saturated rings. The first-order chi connectivity index (χ1) is 14.1. The molecule has 2 aromatic carbocycles. The Balaban J connectivity index is 1.37. The molecule has 0 aromatic heterocycles. The van der Waals surface area contributed by atoms with Gasteiger partial charge in [0, 0.05) is 26.2 Å². The number of benzene rings is 2. The highest BCUT2D eigenvalue weighted by Gasteiger charge is 2.27. The van der Waals surface area contributed by atoms with Crippen LogP contribution in [-0.2, 0) is 16.6 Å². The molecule has 3 N–H and O–H groups in total. The van der Waals surface area contributed by atoms with Crippen molar-refractivity contribution in [2.24, 2.45) is 4.99 Å². The van der Waals surface area contributed by atoms with Crippen LogP contribution in [0.4, 0.5) is 0 Å². The van der Waals surface area contributed by atoms with Crippen LogP contribution in [0, 0.1) is 0 Å². The van der Waals surface area contributed by atoms with Gasteiger partial charge in [-0.2, -0.15) is 0 Å². The fourth-order valence-corrected chi connectivity index (χ4v) is 3.97. The van der Waals surface area contributed by atoms with Gasteiger partial charge in [-0.3, -0.25) is 4.99 Å².